The first-order chi connectivity index (χ1) is 9.24. The summed E-state index contributed by atoms with van der Waals surface area (Å²) in [6, 6.07) is 9.40. The van der Waals surface area contributed by atoms with Gasteiger partial charge in [-0.15, -0.1) is 0 Å². The Kier molecular flexibility index (Phi) is 4.47. The lowest BCUT2D eigenvalue weighted by Gasteiger charge is -2.10. The molecule has 100 valence electrons. The molecule has 0 saturated heterocycles. The molecule has 2 aromatic rings. The minimum Gasteiger partial charge on any atom is -0.495 e. The van der Waals surface area contributed by atoms with Crippen LogP contribution < -0.4 is 14.8 Å². The number of benzene rings is 1. The van der Waals surface area contributed by atoms with Crippen LogP contribution in [0.5, 0.6) is 11.6 Å². The van der Waals surface area contributed by atoms with Crippen molar-refractivity contribution in [2.75, 3.05) is 19.5 Å². The van der Waals surface area contributed by atoms with Gasteiger partial charge in [-0.3, -0.25) is 0 Å². The Bertz CT molecular complexity index is 561. The Morgan fingerprint density at radius 1 is 1.21 bits per heavy atom. The molecule has 19 heavy (non-hydrogen) atoms. The number of nitrogens with zero attached hydrogens (tertiary/aromatic N) is 1. The molecule has 0 amide bonds. The van der Waals surface area contributed by atoms with Gasteiger partial charge in [0.05, 0.1) is 19.2 Å². The highest BCUT2D eigenvalue weighted by atomic mass is 35.5. The second-order valence-electron chi connectivity index (χ2n) is 3.87. The number of halogens is 1. The predicted octanol–water partition coefficient (Wildman–Crippen LogP) is 3.36. The molecule has 1 aromatic carbocycles. The van der Waals surface area contributed by atoms with Crippen molar-refractivity contribution < 1.29 is 9.47 Å². The van der Waals surface area contributed by atoms with E-state index >= 15 is 0 Å². The van der Waals surface area contributed by atoms with Crippen molar-refractivity contribution in [1.82, 2.24) is 4.98 Å². The van der Waals surface area contributed by atoms with E-state index in [9.17, 15) is 0 Å². The molecule has 1 aromatic heterocycles. The molecule has 0 spiro atoms. The smallest absolute Gasteiger partial charge is 0.218 e. The maximum atomic E-state index is 6.07. The van der Waals surface area contributed by atoms with E-state index in [1.807, 2.05) is 30.3 Å². The van der Waals surface area contributed by atoms with Gasteiger partial charge in [-0.2, -0.15) is 0 Å². The summed E-state index contributed by atoms with van der Waals surface area (Å²) >= 11 is 6.07. The summed E-state index contributed by atoms with van der Waals surface area (Å²) in [5.41, 5.74) is 1.90. The number of anilines is 1. The fraction of sp³-hybridized carbons (Fsp3) is 0.214. The fourth-order valence-electron chi connectivity index (χ4n) is 1.72. The lowest BCUT2D eigenvalue weighted by atomic mass is 10.2. The first kappa shape index (κ1) is 13.5. The van der Waals surface area contributed by atoms with E-state index in [-0.39, 0.29) is 0 Å². The molecule has 4 nitrogen and oxygen atoms in total. The SMILES string of the molecule is COc1ccc(NCc2cccnc2OC)cc1Cl. The quantitative estimate of drug-likeness (QED) is 0.911. The molecule has 0 radical (unpaired) electrons. The van der Waals surface area contributed by atoms with Gasteiger partial charge in [0, 0.05) is 24.0 Å². The second-order valence-corrected chi connectivity index (χ2v) is 4.28. The van der Waals surface area contributed by atoms with E-state index in [2.05, 4.69) is 10.3 Å². The van der Waals surface area contributed by atoms with Crippen LogP contribution in [-0.4, -0.2) is 19.2 Å². The Labute approximate surface area is 117 Å². The number of methoxy groups -OCH3 is 2. The summed E-state index contributed by atoms with van der Waals surface area (Å²) < 4.78 is 10.3. The summed E-state index contributed by atoms with van der Waals surface area (Å²) in [6.45, 7) is 0.611. The van der Waals surface area contributed by atoms with Crippen LogP contribution in [0.25, 0.3) is 0 Å². The van der Waals surface area contributed by atoms with E-state index in [4.69, 9.17) is 21.1 Å². The van der Waals surface area contributed by atoms with Crippen molar-refractivity contribution in [3.05, 3.63) is 47.1 Å². The first-order valence-corrected chi connectivity index (χ1v) is 6.17. The molecular formula is C14H15ClN2O2. The summed E-state index contributed by atoms with van der Waals surface area (Å²) in [5.74, 6) is 1.28. The van der Waals surface area contributed by atoms with Gasteiger partial charge in [-0.05, 0) is 24.3 Å². The van der Waals surface area contributed by atoms with Gasteiger partial charge < -0.3 is 14.8 Å². The van der Waals surface area contributed by atoms with Gasteiger partial charge in [-0.25, -0.2) is 4.98 Å². The highest BCUT2D eigenvalue weighted by Crippen LogP contribution is 2.27. The molecule has 0 atom stereocenters. The summed E-state index contributed by atoms with van der Waals surface area (Å²) in [4.78, 5) is 4.15. The lowest BCUT2D eigenvalue weighted by Crippen LogP contribution is -2.02. The zero-order valence-corrected chi connectivity index (χ0v) is 11.6. The fourth-order valence-corrected chi connectivity index (χ4v) is 1.97. The molecule has 2 rings (SSSR count). The standard InChI is InChI=1S/C14H15ClN2O2/c1-18-13-6-5-11(8-12(13)15)17-9-10-4-3-7-16-14(10)19-2/h3-8,17H,9H2,1-2H3. The van der Waals surface area contributed by atoms with Crippen LogP contribution >= 0.6 is 11.6 Å². The third-order valence-corrected chi connectivity index (χ3v) is 2.97. The summed E-state index contributed by atoms with van der Waals surface area (Å²) in [6.07, 6.45) is 1.70. The highest BCUT2D eigenvalue weighted by Gasteiger charge is 2.05. The minimum absolute atomic E-state index is 0.575. The van der Waals surface area contributed by atoms with Crippen LogP contribution in [-0.2, 0) is 6.54 Å². The Morgan fingerprint density at radius 2 is 2.05 bits per heavy atom. The van der Waals surface area contributed by atoms with Gasteiger partial charge in [0.1, 0.15) is 5.75 Å². The van der Waals surface area contributed by atoms with Gasteiger partial charge in [0.2, 0.25) is 5.88 Å². The molecule has 0 aliphatic heterocycles. The zero-order valence-electron chi connectivity index (χ0n) is 10.8. The third kappa shape index (κ3) is 3.29. The van der Waals surface area contributed by atoms with Crippen LogP contribution in [0.15, 0.2) is 36.5 Å². The third-order valence-electron chi connectivity index (χ3n) is 2.68. The highest BCUT2D eigenvalue weighted by molar-refractivity contribution is 6.32. The number of hydrogen-bond acceptors (Lipinski definition) is 4. The van der Waals surface area contributed by atoms with Gasteiger partial charge >= 0.3 is 0 Å². The van der Waals surface area contributed by atoms with E-state index in [0.29, 0.717) is 23.2 Å². The van der Waals surface area contributed by atoms with Crippen molar-refractivity contribution in [3.63, 3.8) is 0 Å². The minimum atomic E-state index is 0.575. The first-order valence-electron chi connectivity index (χ1n) is 5.80. The molecular weight excluding hydrogens is 264 g/mol. The second kappa shape index (κ2) is 6.29. The van der Waals surface area contributed by atoms with Crippen LogP contribution in [0, 0.1) is 0 Å². The van der Waals surface area contributed by atoms with Crippen molar-refractivity contribution in [2.45, 2.75) is 6.54 Å². The number of rotatable bonds is 5. The summed E-state index contributed by atoms with van der Waals surface area (Å²) in [5, 5.41) is 3.84. The molecule has 0 bridgehead atoms. The van der Waals surface area contributed by atoms with Crippen LogP contribution in [0.3, 0.4) is 0 Å². The number of aromatic nitrogens is 1. The maximum Gasteiger partial charge on any atom is 0.218 e. The predicted molar refractivity (Wildman–Crippen MR) is 76.1 cm³/mol. The van der Waals surface area contributed by atoms with E-state index in [1.54, 1.807) is 20.4 Å². The Balaban J connectivity index is 2.08. The van der Waals surface area contributed by atoms with Crippen molar-refractivity contribution in [1.29, 1.82) is 0 Å². The molecule has 0 fully saturated rings. The number of hydrogen-bond donors (Lipinski definition) is 1. The van der Waals surface area contributed by atoms with Crippen molar-refractivity contribution in [3.8, 4) is 11.6 Å². The maximum absolute atomic E-state index is 6.07. The average Bonchev–Trinajstić information content (AvgIpc) is 2.45. The van der Waals surface area contributed by atoms with E-state index in [0.717, 1.165) is 11.3 Å². The van der Waals surface area contributed by atoms with Crippen molar-refractivity contribution in [2.24, 2.45) is 0 Å². The number of pyridine rings is 1. The van der Waals surface area contributed by atoms with E-state index in [1.165, 1.54) is 0 Å². The normalized spacial score (nSPS) is 10.1. The topological polar surface area (TPSA) is 43.4 Å². The molecule has 0 aliphatic carbocycles. The lowest BCUT2D eigenvalue weighted by molar-refractivity contribution is 0.393. The molecule has 5 heteroatoms. The van der Waals surface area contributed by atoms with E-state index < -0.39 is 0 Å². The molecule has 0 unspecified atom stereocenters. The zero-order chi connectivity index (χ0) is 13.7. The van der Waals surface area contributed by atoms with Crippen molar-refractivity contribution >= 4 is 17.3 Å². The monoisotopic (exact) mass is 278 g/mol. The Hall–Kier alpha value is -1.94. The molecule has 0 aliphatic rings. The molecule has 1 heterocycles. The number of ether oxygens (including phenoxy) is 2. The van der Waals surface area contributed by atoms with Crippen LogP contribution in [0.2, 0.25) is 5.02 Å². The average molecular weight is 279 g/mol. The van der Waals surface area contributed by atoms with Gasteiger partial charge in [0.25, 0.3) is 0 Å². The van der Waals surface area contributed by atoms with Crippen LogP contribution in [0.1, 0.15) is 5.56 Å². The number of nitrogens with one attached hydrogen (secondary N) is 1. The molecule has 0 saturated carbocycles. The summed E-state index contributed by atoms with van der Waals surface area (Å²) in [7, 11) is 3.20. The van der Waals surface area contributed by atoms with Gasteiger partial charge in [0.15, 0.2) is 0 Å². The largest absolute Gasteiger partial charge is 0.495 e. The Morgan fingerprint density at radius 3 is 2.74 bits per heavy atom. The van der Waals surface area contributed by atoms with Gasteiger partial charge in [-0.1, -0.05) is 17.7 Å². The van der Waals surface area contributed by atoms with Crippen LogP contribution in [0.4, 0.5) is 5.69 Å². The molecule has 1 N–H and O–H groups in total.